The summed E-state index contributed by atoms with van der Waals surface area (Å²) >= 11 is 0. The Labute approximate surface area is 83.2 Å². The Morgan fingerprint density at radius 3 is 3.07 bits per heavy atom. The summed E-state index contributed by atoms with van der Waals surface area (Å²) < 4.78 is 15.3. The first-order valence-corrected chi connectivity index (χ1v) is 3.80. The lowest BCUT2D eigenvalue weighted by Gasteiger charge is -2.11. The zero-order valence-electron chi connectivity index (χ0n) is 9.44. The third kappa shape index (κ3) is 2.89. The third-order valence-electron chi connectivity index (χ3n) is 1.36. The molecule has 0 radical (unpaired) electrons. The van der Waals surface area contributed by atoms with E-state index in [1.165, 1.54) is 12.5 Å². The Kier molecular flexibility index (Phi) is 2.37. The molecule has 1 aromatic rings. The van der Waals surface area contributed by atoms with E-state index < -0.39 is 24.3 Å². The van der Waals surface area contributed by atoms with Gasteiger partial charge in [0, 0.05) is 26.6 Å². The SMILES string of the molecule is [2H][C@@H](c1cnc[nH]1)[C@@]([2H])(NC(C)=O)C(=O)O. The number of carboxylic acid groups (broad SMARTS) is 1. The third-order valence-corrected chi connectivity index (χ3v) is 1.36. The summed E-state index contributed by atoms with van der Waals surface area (Å²) in [5, 5.41) is 10.8. The number of imidazole rings is 1. The topological polar surface area (TPSA) is 95.1 Å². The number of aromatic amines is 1. The van der Waals surface area contributed by atoms with Crippen LogP contribution in [0, 0.1) is 0 Å². The smallest absolute Gasteiger partial charge is 0.326 e. The zero-order valence-corrected chi connectivity index (χ0v) is 7.44. The second kappa shape index (κ2) is 4.40. The molecule has 14 heavy (non-hydrogen) atoms. The van der Waals surface area contributed by atoms with E-state index in [9.17, 15) is 9.59 Å². The molecule has 2 atom stereocenters. The summed E-state index contributed by atoms with van der Waals surface area (Å²) in [6.07, 6.45) is 1.02. The molecule has 3 N–H and O–H groups in total. The van der Waals surface area contributed by atoms with Gasteiger partial charge in [0.05, 0.1) is 7.70 Å². The summed E-state index contributed by atoms with van der Waals surface area (Å²) in [5.74, 6) is -2.29. The maximum atomic E-state index is 10.9. The predicted molar refractivity (Wildman–Crippen MR) is 47.5 cm³/mol. The Balaban J connectivity index is 3.02. The van der Waals surface area contributed by atoms with Crippen LogP contribution in [0.1, 0.15) is 15.4 Å². The number of nitrogens with zero attached hydrogens (tertiary/aromatic N) is 1. The minimum atomic E-state index is -2.43. The van der Waals surface area contributed by atoms with Crippen molar-refractivity contribution in [2.45, 2.75) is 19.3 Å². The van der Waals surface area contributed by atoms with Crippen molar-refractivity contribution in [2.75, 3.05) is 0 Å². The minimum Gasteiger partial charge on any atom is -0.480 e. The van der Waals surface area contributed by atoms with Crippen LogP contribution in [0.25, 0.3) is 0 Å². The number of aromatic nitrogens is 2. The molecule has 1 heterocycles. The molecule has 0 aromatic carbocycles. The van der Waals surface area contributed by atoms with Gasteiger partial charge in [-0.1, -0.05) is 0 Å². The Bertz CT molecular complexity index is 395. The fourth-order valence-corrected chi connectivity index (χ4v) is 0.842. The highest BCUT2D eigenvalue weighted by molar-refractivity contribution is 5.82. The highest BCUT2D eigenvalue weighted by atomic mass is 16.4. The van der Waals surface area contributed by atoms with Gasteiger partial charge in [0.2, 0.25) is 5.91 Å². The van der Waals surface area contributed by atoms with Gasteiger partial charge >= 0.3 is 5.97 Å². The van der Waals surface area contributed by atoms with Gasteiger partial charge in [-0.3, -0.25) is 4.79 Å². The maximum Gasteiger partial charge on any atom is 0.326 e. The van der Waals surface area contributed by atoms with Crippen LogP contribution in [-0.2, 0) is 16.0 Å². The van der Waals surface area contributed by atoms with Crippen LogP contribution >= 0.6 is 0 Å². The number of rotatable bonds is 4. The van der Waals surface area contributed by atoms with E-state index in [0.717, 1.165) is 6.92 Å². The fraction of sp³-hybridized carbons (Fsp3) is 0.375. The quantitative estimate of drug-likeness (QED) is 0.611. The van der Waals surface area contributed by atoms with Crippen LogP contribution in [0.5, 0.6) is 0 Å². The lowest BCUT2D eigenvalue weighted by Crippen LogP contribution is -2.41. The number of hydrogen-bond acceptors (Lipinski definition) is 3. The Morgan fingerprint density at radius 2 is 2.64 bits per heavy atom. The Hall–Kier alpha value is -1.85. The van der Waals surface area contributed by atoms with E-state index in [1.807, 2.05) is 5.32 Å². The number of amides is 1. The minimum absolute atomic E-state index is 0.145. The first kappa shape index (κ1) is 7.54. The van der Waals surface area contributed by atoms with Gasteiger partial charge in [-0.2, -0.15) is 0 Å². The van der Waals surface area contributed by atoms with E-state index >= 15 is 0 Å². The molecule has 0 unspecified atom stereocenters. The molecule has 0 spiro atoms. The number of carboxylic acids is 1. The van der Waals surface area contributed by atoms with Crippen molar-refractivity contribution in [1.82, 2.24) is 15.3 Å². The largest absolute Gasteiger partial charge is 0.480 e. The van der Waals surface area contributed by atoms with Crippen LogP contribution in [0.15, 0.2) is 12.5 Å². The summed E-state index contributed by atoms with van der Waals surface area (Å²) in [6, 6.07) is -2.43. The predicted octanol–water partition coefficient (Wildman–Crippen LogP) is -0.459. The first-order valence-electron chi connectivity index (χ1n) is 4.88. The van der Waals surface area contributed by atoms with Gasteiger partial charge in [-0.05, 0) is 0 Å². The molecule has 0 aliphatic heterocycles. The van der Waals surface area contributed by atoms with E-state index in [-0.39, 0.29) is 5.69 Å². The van der Waals surface area contributed by atoms with E-state index in [2.05, 4.69) is 9.97 Å². The molecule has 0 fully saturated rings. The zero-order chi connectivity index (χ0) is 12.3. The molecule has 1 aromatic heterocycles. The Morgan fingerprint density at radius 1 is 1.93 bits per heavy atom. The van der Waals surface area contributed by atoms with Crippen molar-refractivity contribution in [1.29, 1.82) is 0 Å². The number of hydrogen-bond donors (Lipinski definition) is 3. The average Bonchev–Trinajstić information content (AvgIpc) is 2.67. The molecule has 0 saturated heterocycles. The fourth-order valence-electron chi connectivity index (χ4n) is 0.842. The average molecular weight is 199 g/mol. The molecule has 6 heteroatoms. The van der Waals surface area contributed by atoms with E-state index in [4.69, 9.17) is 7.85 Å². The molecule has 0 bridgehead atoms. The first-order chi connectivity index (χ1) is 7.38. The molecule has 76 valence electrons. The lowest BCUT2D eigenvalue weighted by atomic mass is 10.1. The molecular weight excluding hydrogens is 186 g/mol. The van der Waals surface area contributed by atoms with Crippen molar-refractivity contribution in [3.8, 4) is 0 Å². The number of aliphatic carboxylic acids is 1. The van der Waals surface area contributed by atoms with E-state index in [1.54, 1.807) is 0 Å². The maximum absolute atomic E-state index is 10.9. The van der Waals surface area contributed by atoms with Crippen molar-refractivity contribution in [3.05, 3.63) is 18.2 Å². The van der Waals surface area contributed by atoms with Crippen molar-refractivity contribution in [2.24, 2.45) is 0 Å². The summed E-state index contributed by atoms with van der Waals surface area (Å²) in [4.78, 5) is 27.9. The van der Waals surface area contributed by atoms with Gasteiger partial charge in [0.25, 0.3) is 0 Å². The van der Waals surface area contributed by atoms with E-state index in [0.29, 0.717) is 0 Å². The summed E-state index contributed by atoms with van der Waals surface area (Å²) in [5.41, 5.74) is 0.145. The number of carbonyl (C=O) groups is 2. The molecular formula is C8H11N3O3. The highest BCUT2D eigenvalue weighted by Gasteiger charge is 2.18. The highest BCUT2D eigenvalue weighted by Crippen LogP contribution is 1.98. The van der Waals surface area contributed by atoms with Crippen LogP contribution in [0.3, 0.4) is 0 Å². The molecule has 1 rings (SSSR count). The normalized spacial score (nSPS) is 18.6. The van der Waals surface area contributed by atoms with Crippen molar-refractivity contribution >= 4 is 11.9 Å². The lowest BCUT2D eigenvalue weighted by molar-refractivity contribution is -0.141. The van der Waals surface area contributed by atoms with Gasteiger partial charge in [0.1, 0.15) is 6.02 Å². The molecule has 1 amide bonds. The standard InChI is InChI=1S/C8H11N3O3/c1-5(12)11-7(8(13)14)2-6-3-9-4-10-6/h3-4,7H,2H2,1H3,(H,9,10)(H,11,12)(H,13,14)/t7-/m1/s1/i2D,7D/t2-,7+/m0. The second-order valence-corrected chi connectivity index (χ2v) is 2.55. The van der Waals surface area contributed by atoms with Gasteiger partial charge < -0.3 is 15.4 Å². The van der Waals surface area contributed by atoms with Crippen LogP contribution < -0.4 is 5.32 Å². The monoisotopic (exact) mass is 199 g/mol. The van der Waals surface area contributed by atoms with Gasteiger partial charge in [0.15, 0.2) is 0 Å². The molecule has 6 nitrogen and oxygen atoms in total. The number of nitrogens with one attached hydrogen (secondary N) is 2. The summed E-state index contributed by atoms with van der Waals surface area (Å²) in [6.45, 7) is 1.09. The van der Waals surface area contributed by atoms with Crippen LogP contribution in [0.2, 0.25) is 0 Å². The summed E-state index contributed by atoms with van der Waals surface area (Å²) in [7, 11) is 0. The molecule has 0 aliphatic rings. The van der Waals surface area contributed by atoms with Gasteiger partial charge in [-0.15, -0.1) is 0 Å². The van der Waals surface area contributed by atoms with Gasteiger partial charge in [-0.25, -0.2) is 9.78 Å². The molecule has 0 saturated carbocycles. The van der Waals surface area contributed by atoms with Crippen LogP contribution in [0.4, 0.5) is 0 Å². The second-order valence-electron chi connectivity index (χ2n) is 2.55. The number of H-pyrrole nitrogens is 1. The van der Waals surface area contributed by atoms with Crippen LogP contribution in [-0.4, -0.2) is 33.0 Å². The van der Waals surface area contributed by atoms with Crippen molar-refractivity contribution in [3.63, 3.8) is 0 Å². The number of carbonyl (C=O) groups excluding carboxylic acids is 1. The van der Waals surface area contributed by atoms with Crippen molar-refractivity contribution < 1.29 is 17.4 Å². The molecule has 0 aliphatic carbocycles.